The molecule has 1 heterocycles. The van der Waals surface area contributed by atoms with Crippen molar-refractivity contribution in [3.8, 4) is 22.8 Å². The molecular weight excluding hydrogens is 188 g/mol. The number of rotatable bonds is 2. The molecule has 1 aromatic carbocycles. The Labute approximate surface area is 88.2 Å². The lowest BCUT2D eigenvalue weighted by Gasteiger charge is -1.94. The molecule has 0 saturated carbocycles. The van der Waals surface area contributed by atoms with E-state index in [9.17, 15) is 0 Å². The van der Waals surface area contributed by atoms with Gasteiger partial charge in [-0.2, -0.15) is 0 Å². The van der Waals surface area contributed by atoms with E-state index in [0.29, 0.717) is 0 Å². The standard InChI is InChI=1S/C13H10S/c1-2-6-12-9-10-13(14-12)11-7-4-3-5-8-11/h1,3-5,7-10H,6H2. The van der Waals surface area contributed by atoms with Crippen LogP contribution in [0.4, 0.5) is 0 Å². The smallest absolute Gasteiger partial charge is 0.0432 e. The third-order valence-electron chi connectivity index (χ3n) is 2.00. The van der Waals surface area contributed by atoms with Crippen molar-refractivity contribution in [3.63, 3.8) is 0 Å². The summed E-state index contributed by atoms with van der Waals surface area (Å²) in [6, 6.07) is 14.6. The minimum Gasteiger partial charge on any atom is -0.139 e. The van der Waals surface area contributed by atoms with Gasteiger partial charge in [0.25, 0.3) is 0 Å². The van der Waals surface area contributed by atoms with Crippen molar-refractivity contribution in [1.82, 2.24) is 0 Å². The molecule has 0 fully saturated rings. The van der Waals surface area contributed by atoms with Gasteiger partial charge < -0.3 is 0 Å². The highest BCUT2D eigenvalue weighted by Gasteiger charge is 2.00. The van der Waals surface area contributed by atoms with Crippen molar-refractivity contribution < 1.29 is 0 Å². The molecule has 0 aliphatic heterocycles. The van der Waals surface area contributed by atoms with Crippen molar-refractivity contribution in [1.29, 1.82) is 0 Å². The summed E-state index contributed by atoms with van der Waals surface area (Å²) >= 11 is 1.77. The Morgan fingerprint density at radius 1 is 1.07 bits per heavy atom. The Kier molecular flexibility index (Phi) is 2.67. The summed E-state index contributed by atoms with van der Waals surface area (Å²) in [5, 5.41) is 0. The third-order valence-corrected chi connectivity index (χ3v) is 3.13. The highest BCUT2D eigenvalue weighted by atomic mass is 32.1. The monoisotopic (exact) mass is 198 g/mol. The molecule has 0 atom stereocenters. The Morgan fingerprint density at radius 3 is 2.57 bits per heavy atom. The first-order valence-electron chi connectivity index (χ1n) is 4.48. The molecule has 0 nitrogen and oxygen atoms in total. The Balaban J connectivity index is 2.31. The maximum Gasteiger partial charge on any atom is 0.0432 e. The minimum absolute atomic E-state index is 0.734. The third kappa shape index (κ3) is 1.86. The maximum atomic E-state index is 5.27. The van der Waals surface area contributed by atoms with E-state index >= 15 is 0 Å². The van der Waals surface area contributed by atoms with Crippen LogP contribution < -0.4 is 0 Å². The summed E-state index contributed by atoms with van der Waals surface area (Å²) in [6.45, 7) is 0. The first-order valence-corrected chi connectivity index (χ1v) is 5.29. The largest absolute Gasteiger partial charge is 0.139 e. The molecule has 14 heavy (non-hydrogen) atoms. The van der Waals surface area contributed by atoms with E-state index in [2.05, 4.69) is 42.3 Å². The van der Waals surface area contributed by atoms with Gasteiger partial charge in [-0.25, -0.2) is 0 Å². The Bertz CT molecular complexity index is 446. The molecule has 0 amide bonds. The van der Waals surface area contributed by atoms with Crippen LogP contribution >= 0.6 is 11.3 Å². The highest BCUT2D eigenvalue weighted by molar-refractivity contribution is 7.15. The van der Waals surface area contributed by atoms with Crippen molar-refractivity contribution >= 4 is 11.3 Å². The molecule has 0 aliphatic rings. The molecule has 1 heteroatoms. The number of hydrogen-bond acceptors (Lipinski definition) is 1. The van der Waals surface area contributed by atoms with Gasteiger partial charge in [0.05, 0.1) is 0 Å². The van der Waals surface area contributed by atoms with E-state index in [1.807, 2.05) is 6.07 Å². The first-order chi connectivity index (χ1) is 6.90. The average molecular weight is 198 g/mol. The SMILES string of the molecule is C#CCc1ccc(-c2ccccc2)s1. The van der Waals surface area contributed by atoms with Gasteiger partial charge in [-0.15, -0.1) is 23.7 Å². The second-order valence-corrected chi connectivity index (χ2v) is 4.18. The molecule has 2 rings (SSSR count). The molecular formula is C13H10S. The quantitative estimate of drug-likeness (QED) is 0.647. The first kappa shape index (κ1) is 9.05. The fourth-order valence-electron chi connectivity index (χ4n) is 1.33. The van der Waals surface area contributed by atoms with Crippen LogP contribution in [0.3, 0.4) is 0 Å². The molecule has 0 saturated heterocycles. The topological polar surface area (TPSA) is 0 Å². The Morgan fingerprint density at radius 2 is 1.86 bits per heavy atom. The molecule has 0 radical (unpaired) electrons. The van der Waals surface area contributed by atoms with Gasteiger partial charge in [0, 0.05) is 16.2 Å². The van der Waals surface area contributed by atoms with Crippen LogP contribution in [0, 0.1) is 12.3 Å². The predicted molar refractivity (Wildman–Crippen MR) is 62.3 cm³/mol. The van der Waals surface area contributed by atoms with Crippen molar-refractivity contribution in [2.75, 3.05) is 0 Å². The lowest BCUT2D eigenvalue weighted by Crippen LogP contribution is -1.69. The molecule has 0 N–H and O–H groups in total. The molecule has 0 aliphatic carbocycles. The lowest BCUT2D eigenvalue weighted by molar-refractivity contribution is 1.41. The predicted octanol–water partition coefficient (Wildman–Crippen LogP) is 3.59. The van der Waals surface area contributed by atoms with E-state index in [0.717, 1.165) is 6.42 Å². The van der Waals surface area contributed by atoms with Crippen LogP contribution in [0.5, 0.6) is 0 Å². The van der Waals surface area contributed by atoms with Gasteiger partial charge in [0.1, 0.15) is 0 Å². The Hall–Kier alpha value is -1.52. The fraction of sp³-hybridized carbons (Fsp3) is 0.0769. The summed E-state index contributed by atoms with van der Waals surface area (Å²) in [5.41, 5.74) is 1.26. The maximum absolute atomic E-state index is 5.27. The van der Waals surface area contributed by atoms with Gasteiger partial charge in [-0.3, -0.25) is 0 Å². The summed E-state index contributed by atoms with van der Waals surface area (Å²) in [7, 11) is 0. The van der Waals surface area contributed by atoms with Crippen LogP contribution in [-0.4, -0.2) is 0 Å². The van der Waals surface area contributed by atoms with Crippen molar-refractivity contribution in [2.24, 2.45) is 0 Å². The van der Waals surface area contributed by atoms with E-state index in [-0.39, 0.29) is 0 Å². The van der Waals surface area contributed by atoms with Gasteiger partial charge in [-0.05, 0) is 17.7 Å². The second kappa shape index (κ2) is 4.13. The van der Waals surface area contributed by atoms with Crippen molar-refractivity contribution in [2.45, 2.75) is 6.42 Å². The second-order valence-electron chi connectivity index (χ2n) is 3.01. The van der Waals surface area contributed by atoms with Gasteiger partial charge in [-0.1, -0.05) is 30.3 Å². The van der Waals surface area contributed by atoms with E-state index < -0.39 is 0 Å². The summed E-state index contributed by atoms with van der Waals surface area (Å²) in [6.07, 6.45) is 6.00. The zero-order valence-corrected chi connectivity index (χ0v) is 8.55. The summed E-state index contributed by atoms with van der Waals surface area (Å²) < 4.78 is 0. The molecule has 1 aromatic heterocycles. The van der Waals surface area contributed by atoms with Gasteiger partial charge in [0.2, 0.25) is 0 Å². The summed E-state index contributed by atoms with van der Waals surface area (Å²) in [5.74, 6) is 2.66. The number of hydrogen-bond donors (Lipinski definition) is 0. The van der Waals surface area contributed by atoms with E-state index in [4.69, 9.17) is 6.42 Å². The van der Waals surface area contributed by atoms with Gasteiger partial charge >= 0.3 is 0 Å². The normalized spacial score (nSPS) is 9.64. The fourth-order valence-corrected chi connectivity index (χ4v) is 2.30. The van der Waals surface area contributed by atoms with Crippen LogP contribution in [-0.2, 0) is 6.42 Å². The molecule has 0 unspecified atom stereocenters. The molecule has 0 spiro atoms. The number of benzene rings is 1. The van der Waals surface area contributed by atoms with Gasteiger partial charge in [0.15, 0.2) is 0 Å². The van der Waals surface area contributed by atoms with Crippen LogP contribution in [0.25, 0.3) is 10.4 Å². The number of thiophene rings is 1. The molecule has 0 bridgehead atoms. The van der Waals surface area contributed by atoms with Crippen molar-refractivity contribution in [3.05, 3.63) is 47.3 Å². The van der Waals surface area contributed by atoms with E-state index in [1.54, 1.807) is 11.3 Å². The zero-order valence-electron chi connectivity index (χ0n) is 7.73. The number of terminal acetylenes is 1. The lowest BCUT2D eigenvalue weighted by atomic mass is 10.2. The van der Waals surface area contributed by atoms with Crippen LogP contribution in [0.1, 0.15) is 4.88 Å². The molecule has 2 aromatic rings. The molecule has 68 valence electrons. The minimum atomic E-state index is 0.734. The van der Waals surface area contributed by atoms with E-state index in [1.165, 1.54) is 15.3 Å². The summed E-state index contributed by atoms with van der Waals surface area (Å²) in [4.78, 5) is 2.54. The van der Waals surface area contributed by atoms with Crippen LogP contribution in [0.15, 0.2) is 42.5 Å². The highest BCUT2D eigenvalue weighted by Crippen LogP contribution is 2.27. The van der Waals surface area contributed by atoms with Crippen LogP contribution in [0.2, 0.25) is 0 Å². The zero-order chi connectivity index (χ0) is 9.80. The average Bonchev–Trinajstić information content (AvgIpc) is 2.68.